The molecular formula is C23H21BrN6O2. The standard InChI is InChI=1S/C23H21BrN6O2/c1-2-29-14-16(12-27-29)11-26-28-21(31)15-30-20-9-8-18(24)10-19(20)23(25-13-22(30)32)17-6-4-3-5-7-17/h3-12,14H,2,13,15H2,1H3,(H,28,31)/b26-11+. The molecule has 8 nitrogen and oxygen atoms in total. The normalized spacial score (nSPS) is 13.6. The summed E-state index contributed by atoms with van der Waals surface area (Å²) < 4.78 is 2.62. The van der Waals surface area contributed by atoms with Gasteiger partial charge in [-0.25, -0.2) is 5.43 Å². The Kier molecular flexibility index (Phi) is 6.55. The number of halogens is 1. The van der Waals surface area contributed by atoms with Gasteiger partial charge in [0.2, 0.25) is 5.91 Å². The molecule has 0 fully saturated rings. The van der Waals surface area contributed by atoms with Crippen molar-refractivity contribution in [1.82, 2.24) is 15.2 Å². The molecule has 3 aromatic rings. The summed E-state index contributed by atoms with van der Waals surface area (Å²) in [6.45, 7) is 2.51. The van der Waals surface area contributed by atoms with E-state index in [1.54, 1.807) is 10.9 Å². The van der Waals surface area contributed by atoms with E-state index in [4.69, 9.17) is 0 Å². The van der Waals surface area contributed by atoms with Crippen molar-refractivity contribution in [1.29, 1.82) is 0 Å². The number of aryl methyl sites for hydroxylation is 1. The molecule has 1 aliphatic rings. The molecule has 2 aromatic carbocycles. The fourth-order valence-electron chi connectivity index (χ4n) is 3.38. The molecule has 162 valence electrons. The molecular weight excluding hydrogens is 472 g/mol. The number of carbonyl (C=O) groups excluding carboxylic acids is 2. The lowest BCUT2D eigenvalue weighted by molar-refractivity contribution is -0.123. The van der Waals surface area contributed by atoms with Gasteiger partial charge in [-0.3, -0.25) is 19.3 Å². The monoisotopic (exact) mass is 492 g/mol. The van der Waals surface area contributed by atoms with Crippen LogP contribution >= 0.6 is 15.9 Å². The molecule has 4 rings (SSSR count). The highest BCUT2D eigenvalue weighted by Crippen LogP contribution is 2.29. The number of rotatable bonds is 6. The molecule has 0 saturated carbocycles. The number of hydrogen-bond donors (Lipinski definition) is 1. The molecule has 2 amide bonds. The molecule has 0 radical (unpaired) electrons. The Bertz CT molecular complexity index is 1200. The lowest BCUT2D eigenvalue weighted by Crippen LogP contribution is -2.40. The molecule has 0 bridgehead atoms. The van der Waals surface area contributed by atoms with Gasteiger partial charge < -0.3 is 4.90 Å². The zero-order valence-corrected chi connectivity index (χ0v) is 19.0. The van der Waals surface area contributed by atoms with Gasteiger partial charge >= 0.3 is 0 Å². The van der Waals surface area contributed by atoms with E-state index >= 15 is 0 Å². The minimum atomic E-state index is -0.408. The van der Waals surface area contributed by atoms with Crippen LogP contribution in [0.25, 0.3) is 0 Å². The number of aliphatic imine (C=N–C) groups is 1. The first-order valence-electron chi connectivity index (χ1n) is 10.1. The van der Waals surface area contributed by atoms with Gasteiger partial charge in [0.15, 0.2) is 0 Å². The number of amides is 2. The summed E-state index contributed by atoms with van der Waals surface area (Å²) >= 11 is 3.50. The van der Waals surface area contributed by atoms with Crippen molar-refractivity contribution in [2.45, 2.75) is 13.5 Å². The van der Waals surface area contributed by atoms with E-state index < -0.39 is 5.91 Å². The number of carbonyl (C=O) groups is 2. The third-order valence-corrected chi connectivity index (χ3v) is 5.40. The maximum atomic E-state index is 12.9. The molecule has 1 aromatic heterocycles. The van der Waals surface area contributed by atoms with Crippen molar-refractivity contribution in [3.63, 3.8) is 0 Å². The Hall–Kier alpha value is -3.59. The third kappa shape index (κ3) is 4.83. The van der Waals surface area contributed by atoms with Crippen LogP contribution in [0.15, 0.2) is 75.5 Å². The van der Waals surface area contributed by atoms with Gasteiger partial charge in [-0.1, -0.05) is 46.3 Å². The molecule has 32 heavy (non-hydrogen) atoms. The highest BCUT2D eigenvalue weighted by atomic mass is 79.9. The minimum absolute atomic E-state index is 0.0523. The van der Waals surface area contributed by atoms with Crippen LogP contribution in [0.1, 0.15) is 23.6 Å². The number of benzene rings is 2. The zero-order chi connectivity index (χ0) is 22.5. The molecule has 2 heterocycles. The summed E-state index contributed by atoms with van der Waals surface area (Å²) in [5, 5.41) is 8.14. The van der Waals surface area contributed by atoms with Crippen LogP contribution in [0.5, 0.6) is 0 Å². The van der Waals surface area contributed by atoms with Gasteiger partial charge in [-0.15, -0.1) is 0 Å². The highest BCUT2D eigenvalue weighted by molar-refractivity contribution is 9.10. The van der Waals surface area contributed by atoms with Gasteiger partial charge in [-0.2, -0.15) is 10.2 Å². The zero-order valence-electron chi connectivity index (χ0n) is 17.4. The summed E-state index contributed by atoms with van der Waals surface area (Å²) in [6, 6.07) is 15.3. The maximum absolute atomic E-state index is 12.9. The number of benzodiazepines with no additional fused rings is 1. The van der Waals surface area contributed by atoms with Crippen molar-refractivity contribution in [3.05, 3.63) is 82.1 Å². The number of fused-ring (bicyclic) bond motifs is 1. The number of anilines is 1. The van der Waals surface area contributed by atoms with Crippen molar-refractivity contribution < 1.29 is 9.59 Å². The van der Waals surface area contributed by atoms with Gasteiger partial charge in [0.1, 0.15) is 13.1 Å². The lowest BCUT2D eigenvalue weighted by atomic mass is 10.0. The van der Waals surface area contributed by atoms with E-state index in [0.29, 0.717) is 11.4 Å². The Morgan fingerprint density at radius 3 is 2.81 bits per heavy atom. The summed E-state index contributed by atoms with van der Waals surface area (Å²) in [4.78, 5) is 31.5. The number of nitrogens with one attached hydrogen (secondary N) is 1. The first kappa shape index (κ1) is 21.6. The molecule has 0 aliphatic carbocycles. The molecule has 1 aliphatic heterocycles. The van der Waals surface area contributed by atoms with Crippen molar-refractivity contribution in [2.24, 2.45) is 10.1 Å². The van der Waals surface area contributed by atoms with E-state index in [1.165, 1.54) is 11.1 Å². The predicted octanol–water partition coefficient (Wildman–Crippen LogP) is 3.00. The van der Waals surface area contributed by atoms with Gasteiger partial charge in [-0.05, 0) is 25.1 Å². The summed E-state index contributed by atoms with van der Waals surface area (Å²) in [7, 11) is 0. The molecule has 1 N–H and O–H groups in total. The fraction of sp³-hybridized carbons (Fsp3) is 0.174. The van der Waals surface area contributed by atoms with E-state index in [9.17, 15) is 9.59 Å². The summed E-state index contributed by atoms with van der Waals surface area (Å²) in [5.41, 5.74) is 6.28. The van der Waals surface area contributed by atoms with E-state index in [0.717, 1.165) is 27.7 Å². The number of aromatic nitrogens is 2. The smallest absolute Gasteiger partial charge is 0.260 e. The second kappa shape index (κ2) is 9.69. The number of hydrogen-bond acceptors (Lipinski definition) is 5. The molecule has 0 unspecified atom stereocenters. The average molecular weight is 493 g/mol. The molecule has 0 spiro atoms. The molecule has 9 heteroatoms. The van der Waals surface area contributed by atoms with Crippen LogP contribution in [-0.2, 0) is 16.1 Å². The number of hydrazone groups is 1. The highest BCUT2D eigenvalue weighted by Gasteiger charge is 2.27. The van der Waals surface area contributed by atoms with E-state index in [2.05, 4.69) is 36.5 Å². The SMILES string of the molecule is CCn1cc(/C=N/NC(=O)CN2C(=O)CN=C(c3ccccc3)c3cc(Br)ccc32)cn1. The Balaban J connectivity index is 1.55. The van der Waals surface area contributed by atoms with Crippen LogP contribution < -0.4 is 10.3 Å². The fourth-order valence-corrected chi connectivity index (χ4v) is 3.74. The Labute approximate surface area is 193 Å². The van der Waals surface area contributed by atoms with Crippen LogP contribution in [-0.4, -0.2) is 46.6 Å². The second-order valence-electron chi connectivity index (χ2n) is 7.09. The quantitative estimate of drug-likeness (QED) is 0.423. The Morgan fingerprint density at radius 2 is 2.06 bits per heavy atom. The minimum Gasteiger partial charge on any atom is -0.301 e. The van der Waals surface area contributed by atoms with E-state index in [-0.39, 0.29) is 19.0 Å². The number of nitrogens with zero attached hydrogens (tertiary/aromatic N) is 5. The summed E-state index contributed by atoms with van der Waals surface area (Å²) in [5.74, 6) is -0.669. The molecule has 0 saturated heterocycles. The largest absolute Gasteiger partial charge is 0.301 e. The van der Waals surface area contributed by atoms with Crippen LogP contribution in [0, 0.1) is 0 Å². The van der Waals surface area contributed by atoms with Crippen molar-refractivity contribution in [2.75, 3.05) is 18.0 Å². The van der Waals surface area contributed by atoms with Gasteiger partial charge in [0.25, 0.3) is 5.91 Å². The van der Waals surface area contributed by atoms with E-state index in [1.807, 2.05) is 61.7 Å². The van der Waals surface area contributed by atoms with Gasteiger partial charge in [0.05, 0.1) is 23.8 Å². The summed E-state index contributed by atoms with van der Waals surface area (Å²) in [6.07, 6.45) is 5.00. The van der Waals surface area contributed by atoms with Crippen molar-refractivity contribution in [3.8, 4) is 0 Å². The second-order valence-corrected chi connectivity index (χ2v) is 8.01. The predicted molar refractivity (Wildman–Crippen MR) is 127 cm³/mol. The Morgan fingerprint density at radius 1 is 1.25 bits per heavy atom. The first-order chi connectivity index (χ1) is 15.5. The van der Waals surface area contributed by atoms with Crippen molar-refractivity contribution >= 4 is 45.4 Å². The van der Waals surface area contributed by atoms with Crippen LogP contribution in [0.4, 0.5) is 5.69 Å². The lowest BCUT2D eigenvalue weighted by Gasteiger charge is -2.22. The van der Waals surface area contributed by atoms with Crippen LogP contribution in [0.2, 0.25) is 0 Å². The molecule has 0 atom stereocenters. The average Bonchev–Trinajstić information content (AvgIpc) is 3.21. The third-order valence-electron chi connectivity index (χ3n) is 4.91. The first-order valence-corrected chi connectivity index (χ1v) is 10.9. The maximum Gasteiger partial charge on any atom is 0.260 e. The van der Waals surface area contributed by atoms with Gasteiger partial charge in [0, 0.05) is 33.9 Å². The van der Waals surface area contributed by atoms with Crippen LogP contribution in [0.3, 0.4) is 0 Å². The topological polar surface area (TPSA) is 92.0 Å².